The van der Waals surface area contributed by atoms with Gasteiger partial charge in [0.15, 0.2) is 0 Å². The number of ether oxygens (including phenoxy) is 1. The van der Waals surface area contributed by atoms with Gasteiger partial charge in [-0.2, -0.15) is 13.2 Å². The molecule has 0 aliphatic carbocycles. The van der Waals surface area contributed by atoms with E-state index in [2.05, 4.69) is 5.32 Å². The van der Waals surface area contributed by atoms with Crippen LogP contribution in [0, 0.1) is 0 Å². The lowest BCUT2D eigenvalue weighted by Crippen LogP contribution is -2.38. The molecule has 1 rings (SSSR count). The number of hydrogen-bond acceptors (Lipinski definition) is 3. The topological polar surface area (TPSA) is 64.4 Å². The van der Waals surface area contributed by atoms with E-state index >= 15 is 0 Å². The molecule has 112 valence electrons. The van der Waals surface area contributed by atoms with Gasteiger partial charge in [0.25, 0.3) is 0 Å². The number of benzene rings is 1. The highest BCUT2D eigenvalue weighted by Gasteiger charge is 2.34. The summed E-state index contributed by atoms with van der Waals surface area (Å²) in [5, 5.41) is 2.49. The van der Waals surface area contributed by atoms with Gasteiger partial charge in [-0.3, -0.25) is 4.79 Å². The van der Waals surface area contributed by atoms with Gasteiger partial charge < -0.3 is 15.8 Å². The van der Waals surface area contributed by atoms with Crippen LogP contribution in [0.3, 0.4) is 0 Å². The van der Waals surface area contributed by atoms with Crippen LogP contribution in [0.5, 0.6) is 5.75 Å². The second-order valence-corrected chi connectivity index (χ2v) is 4.15. The lowest BCUT2D eigenvalue weighted by atomic mass is 10.2. The third kappa shape index (κ3) is 4.73. The zero-order valence-electron chi connectivity index (χ0n) is 11.0. The van der Waals surface area contributed by atoms with E-state index in [-0.39, 0.29) is 24.7 Å². The Bertz CT molecular complexity index is 449. The molecule has 0 aromatic heterocycles. The highest BCUT2D eigenvalue weighted by atomic mass is 19.4. The van der Waals surface area contributed by atoms with Crippen LogP contribution in [0.2, 0.25) is 0 Å². The molecule has 1 amide bonds. The van der Waals surface area contributed by atoms with Crippen molar-refractivity contribution in [3.8, 4) is 5.75 Å². The Morgan fingerprint density at radius 2 is 2.05 bits per heavy atom. The Labute approximate surface area is 115 Å². The van der Waals surface area contributed by atoms with Crippen LogP contribution >= 0.6 is 0 Å². The van der Waals surface area contributed by atoms with Crippen molar-refractivity contribution in [2.24, 2.45) is 5.73 Å². The molecule has 4 nitrogen and oxygen atoms in total. The molecule has 0 aliphatic heterocycles. The molecule has 0 fully saturated rings. The normalized spacial score (nSPS) is 12.8. The van der Waals surface area contributed by atoms with E-state index < -0.39 is 17.8 Å². The number of carbonyl (C=O) groups excluding carboxylic acids is 1. The highest BCUT2D eigenvalue weighted by molar-refractivity contribution is 5.77. The molecule has 0 saturated heterocycles. The first-order chi connectivity index (χ1) is 9.38. The number of amides is 1. The zero-order chi connectivity index (χ0) is 15.2. The quantitative estimate of drug-likeness (QED) is 0.841. The first-order valence-electron chi connectivity index (χ1n) is 6.18. The van der Waals surface area contributed by atoms with Gasteiger partial charge in [0.1, 0.15) is 11.9 Å². The predicted molar refractivity (Wildman–Crippen MR) is 68.2 cm³/mol. The summed E-state index contributed by atoms with van der Waals surface area (Å²) in [5.74, 6) is -0.620. The van der Waals surface area contributed by atoms with Crippen molar-refractivity contribution in [1.29, 1.82) is 0 Å². The van der Waals surface area contributed by atoms with Gasteiger partial charge in [-0.25, -0.2) is 0 Å². The maximum Gasteiger partial charge on any atom is 0.419 e. The Hall–Kier alpha value is -1.76. The van der Waals surface area contributed by atoms with E-state index in [1.165, 1.54) is 18.2 Å². The van der Waals surface area contributed by atoms with Crippen molar-refractivity contribution < 1.29 is 22.7 Å². The molecule has 20 heavy (non-hydrogen) atoms. The molecule has 7 heteroatoms. The number of hydrogen-bond donors (Lipinski definition) is 2. The van der Waals surface area contributed by atoms with E-state index in [0.717, 1.165) is 6.07 Å². The van der Waals surface area contributed by atoms with E-state index in [1.807, 2.05) is 0 Å². The summed E-state index contributed by atoms with van der Waals surface area (Å²) in [6.45, 7) is 1.70. The summed E-state index contributed by atoms with van der Waals surface area (Å²) in [7, 11) is 0. The summed E-state index contributed by atoms with van der Waals surface area (Å²) in [4.78, 5) is 11.0. The molecule has 0 saturated carbocycles. The summed E-state index contributed by atoms with van der Waals surface area (Å²) < 4.78 is 43.8. The fraction of sp³-hybridized carbons (Fsp3) is 0.462. The largest absolute Gasteiger partial charge is 0.488 e. The SMILES string of the molecule is CCC(CNC(=O)CN)Oc1ccccc1C(F)(F)F. The van der Waals surface area contributed by atoms with Gasteiger partial charge in [0, 0.05) is 0 Å². The average Bonchev–Trinajstić information content (AvgIpc) is 2.42. The van der Waals surface area contributed by atoms with Crippen LogP contribution < -0.4 is 15.8 Å². The molecule has 0 aliphatic rings. The number of halogens is 3. The van der Waals surface area contributed by atoms with E-state index in [9.17, 15) is 18.0 Å². The molecule has 1 aromatic carbocycles. The molecule has 0 heterocycles. The second-order valence-electron chi connectivity index (χ2n) is 4.15. The van der Waals surface area contributed by atoms with Crippen molar-refractivity contribution in [3.05, 3.63) is 29.8 Å². The van der Waals surface area contributed by atoms with Crippen LogP contribution in [0.25, 0.3) is 0 Å². The molecule has 0 spiro atoms. The predicted octanol–water partition coefficient (Wildman–Crippen LogP) is 1.94. The number of nitrogens with one attached hydrogen (secondary N) is 1. The number of rotatable bonds is 6. The molecule has 1 atom stereocenters. The standard InChI is InChI=1S/C13H17F3N2O2/c1-2-9(8-18-12(19)7-17)20-11-6-4-3-5-10(11)13(14,15)16/h3-6,9H,2,7-8,17H2,1H3,(H,18,19). The summed E-state index contributed by atoms with van der Waals surface area (Å²) in [6, 6.07) is 4.99. The van der Waals surface area contributed by atoms with Gasteiger partial charge in [-0.1, -0.05) is 19.1 Å². The van der Waals surface area contributed by atoms with Crippen LogP contribution in [0.1, 0.15) is 18.9 Å². The lowest BCUT2D eigenvalue weighted by Gasteiger charge is -2.21. The van der Waals surface area contributed by atoms with E-state index in [0.29, 0.717) is 6.42 Å². The first-order valence-corrected chi connectivity index (χ1v) is 6.18. The molecule has 0 radical (unpaired) electrons. The van der Waals surface area contributed by atoms with E-state index in [4.69, 9.17) is 10.5 Å². The molecule has 0 bridgehead atoms. The van der Waals surface area contributed by atoms with Gasteiger partial charge in [-0.15, -0.1) is 0 Å². The Morgan fingerprint density at radius 3 is 2.60 bits per heavy atom. The van der Waals surface area contributed by atoms with Crippen LogP contribution in [-0.2, 0) is 11.0 Å². The maximum atomic E-state index is 12.8. The van der Waals surface area contributed by atoms with Crippen LogP contribution in [0.4, 0.5) is 13.2 Å². The molecular formula is C13H17F3N2O2. The maximum absolute atomic E-state index is 12.8. The van der Waals surface area contributed by atoms with Gasteiger partial charge >= 0.3 is 6.18 Å². The summed E-state index contributed by atoms with van der Waals surface area (Å²) in [5.41, 5.74) is 4.30. The minimum atomic E-state index is -4.48. The Balaban J connectivity index is 2.77. The zero-order valence-corrected chi connectivity index (χ0v) is 11.0. The lowest BCUT2D eigenvalue weighted by molar-refractivity contribution is -0.139. The van der Waals surface area contributed by atoms with Crippen molar-refractivity contribution in [2.45, 2.75) is 25.6 Å². The minimum absolute atomic E-state index is 0.110. The van der Waals surface area contributed by atoms with Crippen LogP contribution in [0.15, 0.2) is 24.3 Å². The van der Waals surface area contributed by atoms with Crippen LogP contribution in [-0.4, -0.2) is 25.1 Å². The second kappa shape index (κ2) is 7.14. The Kier molecular flexibility index (Phi) is 5.82. The van der Waals surface area contributed by atoms with Gasteiger partial charge in [-0.05, 0) is 18.6 Å². The molecule has 1 unspecified atom stereocenters. The third-order valence-electron chi connectivity index (χ3n) is 2.65. The number of nitrogens with two attached hydrogens (primary N) is 1. The molecule has 1 aromatic rings. The minimum Gasteiger partial charge on any atom is -0.488 e. The Morgan fingerprint density at radius 1 is 1.40 bits per heavy atom. The van der Waals surface area contributed by atoms with Gasteiger partial charge in [0.2, 0.25) is 5.91 Å². The fourth-order valence-electron chi connectivity index (χ4n) is 1.55. The van der Waals surface area contributed by atoms with Crippen molar-refractivity contribution >= 4 is 5.91 Å². The molecular weight excluding hydrogens is 273 g/mol. The van der Waals surface area contributed by atoms with Crippen molar-refractivity contribution in [1.82, 2.24) is 5.32 Å². The van der Waals surface area contributed by atoms with Crippen molar-refractivity contribution in [2.75, 3.05) is 13.1 Å². The number of carbonyl (C=O) groups is 1. The van der Waals surface area contributed by atoms with E-state index in [1.54, 1.807) is 6.92 Å². The van der Waals surface area contributed by atoms with Gasteiger partial charge in [0.05, 0.1) is 18.7 Å². The number of alkyl halides is 3. The summed E-state index contributed by atoms with van der Waals surface area (Å²) >= 11 is 0. The molecule has 3 N–H and O–H groups in total. The third-order valence-corrected chi connectivity index (χ3v) is 2.65. The summed E-state index contributed by atoms with van der Waals surface area (Å²) in [6.07, 6.45) is -4.57. The number of para-hydroxylation sites is 1. The fourth-order valence-corrected chi connectivity index (χ4v) is 1.55. The smallest absolute Gasteiger partial charge is 0.419 e. The monoisotopic (exact) mass is 290 g/mol. The van der Waals surface area contributed by atoms with Crippen molar-refractivity contribution in [3.63, 3.8) is 0 Å². The average molecular weight is 290 g/mol. The highest BCUT2D eigenvalue weighted by Crippen LogP contribution is 2.36. The first kappa shape index (κ1) is 16.3.